The van der Waals surface area contributed by atoms with Gasteiger partial charge in [-0.1, -0.05) is 11.6 Å². The van der Waals surface area contributed by atoms with Crippen LogP contribution in [0.5, 0.6) is 0 Å². The van der Waals surface area contributed by atoms with Crippen LogP contribution in [0.4, 0.5) is 4.39 Å². The van der Waals surface area contributed by atoms with Gasteiger partial charge in [0.1, 0.15) is 5.82 Å². The lowest BCUT2D eigenvalue weighted by atomic mass is 9.89. The lowest BCUT2D eigenvalue weighted by Crippen LogP contribution is -2.29. The first-order valence-electron chi connectivity index (χ1n) is 5.39. The molecule has 1 aliphatic rings. The number of aliphatic carboxylic acids is 1. The summed E-state index contributed by atoms with van der Waals surface area (Å²) >= 11 is 5.79. The van der Waals surface area contributed by atoms with Gasteiger partial charge in [0.2, 0.25) is 0 Å². The molecule has 2 unspecified atom stereocenters. The molecule has 1 aromatic rings. The van der Waals surface area contributed by atoms with E-state index in [-0.39, 0.29) is 5.56 Å². The Morgan fingerprint density at radius 3 is 3.00 bits per heavy atom. The van der Waals surface area contributed by atoms with Crippen LogP contribution >= 0.6 is 11.6 Å². The maximum absolute atomic E-state index is 13.7. The molecule has 1 saturated heterocycles. The maximum Gasteiger partial charge on any atom is 0.309 e. The highest BCUT2D eigenvalue weighted by atomic mass is 35.5. The van der Waals surface area contributed by atoms with E-state index in [2.05, 4.69) is 0 Å². The van der Waals surface area contributed by atoms with Crippen LogP contribution in [0.25, 0.3) is 0 Å². The van der Waals surface area contributed by atoms with E-state index in [1.807, 2.05) is 0 Å². The zero-order valence-corrected chi connectivity index (χ0v) is 9.78. The topological polar surface area (TPSA) is 46.5 Å². The minimum atomic E-state index is -0.964. The SMILES string of the molecule is O=C(O)C1CCCOC1c1cc(Cl)ccc1F. The first-order valence-corrected chi connectivity index (χ1v) is 5.77. The van der Waals surface area contributed by atoms with Gasteiger partial charge in [-0.3, -0.25) is 4.79 Å². The summed E-state index contributed by atoms with van der Waals surface area (Å²) in [6.07, 6.45) is 0.418. The third-order valence-electron chi connectivity index (χ3n) is 2.90. The van der Waals surface area contributed by atoms with Gasteiger partial charge in [-0.05, 0) is 31.0 Å². The molecule has 5 heteroatoms. The van der Waals surface area contributed by atoms with Gasteiger partial charge >= 0.3 is 5.97 Å². The van der Waals surface area contributed by atoms with Gasteiger partial charge in [0.15, 0.2) is 0 Å². The number of benzene rings is 1. The smallest absolute Gasteiger partial charge is 0.309 e. The number of rotatable bonds is 2. The number of ether oxygens (including phenoxy) is 1. The first kappa shape index (κ1) is 12.3. The Morgan fingerprint density at radius 2 is 2.29 bits per heavy atom. The van der Waals surface area contributed by atoms with Gasteiger partial charge in [0.05, 0.1) is 12.0 Å². The second-order valence-electron chi connectivity index (χ2n) is 4.04. The van der Waals surface area contributed by atoms with Gasteiger partial charge in [0.25, 0.3) is 0 Å². The average molecular weight is 259 g/mol. The van der Waals surface area contributed by atoms with E-state index in [1.165, 1.54) is 18.2 Å². The van der Waals surface area contributed by atoms with E-state index in [0.717, 1.165) is 0 Å². The van der Waals surface area contributed by atoms with Crippen LogP contribution in [-0.4, -0.2) is 17.7 Å². The fourth-order valence-electron chi connectivity index (χ4n) is 2.07. The summed E-state index contributed by atoms with van der Waals surface area (Å²) in [5.74, 6) is -2.15. The Labute approximate surface area is 103 Å². The average Bonchev–Trinajstić information content (AvgIpc) is 2.32. The first-order chi connectivity index (χ1) is 8.09. The monoisotopic (exact) mass is 258 g/mol. The molecule has 3 nitrogen and oxygen atoms in total. The molecule has 1 aliphatic heterocycles. The number of halogens is 2. The molecule has 0 radical (unpaired) electrons. The second kappa shape index (κ2) is 5.02. The predicted molar refractivity (Wildman–Crippen MR) is 60.5 cm³/mol. The van der Waals surface area contributed by atoms with Crippen molar-refractivity contribution in [2.24, 2.45) is 5.92 Å². The van der Waals surface area contributed by atoms with Gasteiger partial charge < -0.3 is 9.84 Å². The highest BCUT2D eigenvalue weighted by Crippen LogP contribution is 2.36. The van der Waals surface area contributed by atoms with Crippen LogP contribution in [-0.2, 0) is 9.53 Å². The summed E-state index contributed by atoms with van der Waals surface area (Å²) in [4.78, 5) is 11.1. The van der Waals surface area contributed by atoms with E-state index >= 15 is 0 Å². The van der Waals surface area contributed by atoms with Crippen molar-refractivity contribution in [3.63, 3.8) is 0 Å². The Balaban J connectivity index is 2.35. The Morgan fingerprint density at radius 1 is 1.53 bits per heavy atom. The minimum absolute atomic E-state index is 0.226. The van der Waals surface area contributed by atoms with E-state index in [0.29, 0.717) is 24.5 Å². The third kappa shape index (κ3) is 2.58. The molecule has 0 aromatic heterocycles. The van der Waals surface area contributed by atoms with Crippen LogP contribution in [0.1, 0.15) is 24.5 Å². The van der Waals surface area contributed by atoms with E-state index in [1.54, 1.807) is 0 Å². The van der Waals surface area contributed by atoms with Crippen LogP contribution in [0.15, 0.2) is 18.2 Å². The molecular formula is C12H12ClFO3. The zero-order valence-electron chi connectivity index (χ0n) is 9.03. The lowest BCUT2D eigenvalue weighted by Gasteiger charge is -2.29. The number of carbonyl (C=O) groups is 1. The number of carboxylic acid groups (broad SMARTS) is 1. The molecule has 0 amide bonds. The van der Waals surface area contributed by atoms with Gasteiger partial charge in [-0.25, -0.2) is 4.39 Å². The molecule has 0 aliphatic carbocycles. The molecule has 1 fully saturated rings. The molecule has 1 N–H and O–H groups in total. The molecule has 0 spiro atoms. The summed E-state index contributed by atoms with van der Waals surface area (Å²) in [5.41, 5.74) is 0.226. The van der Waals surface area contributed by atoms with Crippen molar-refractivity contribution in [2.75, 3.05) is 6.61 Å². The van der Waals surface area contributed by atoms with Gasteiger partial charge in [0, 0.05) is 17.2 Å². The third-order valence-corrected chi connectivity index (χ3v) is 3.14. The van der Waals surface area contributed by atoms with Crippen molar-refractivity contribution in [3.8, 4) is 0 Å². The molecule has 1 heterocycles. The Hall–Kier alpha value is -1.13. The van der Waals surface area contributed by atoms with E-state index < -0.39 is 23.8 Å². The summed E-state index contributed by atoms with van der Waals surface area (Å²) in [6.45, 7) is 0.445. The van der Waals surface area contributed by atoms with Crippen molar-refractivity contribution >= 4 is 17.6 Å². The number of hydrogen-bond acceptors (Lipinski definition) is 2. The molecule has 2 atom stereocenters. The van der Waals surface area contributed by atoms with Crippen molar-refractivity contribution in [2.45, 2.75) is 18.9 Å². The molecule has 1 aromatic carbocycles. The van der Waals surface area contributed by atoms with Crippen molar-refractivity contribution in [3.05, 3.63) is 34.6 Å². The fourth-order valence-corrected chi connectivity index (χ4v) is 2.25. The number of carboxylic acids is 1. The molecule has 0 saturated carbocycles. The summed E-state index contributed by atoms with van der Waals surface area (Å²) in [5, 5.41) is 9.47. The van der Waals surface area contributed by atoms with Crippen LogP contribution < -0.4 is 0 Å². The van der Waals surface area contributed by atoms with Crippen molar-refractivity contribution < 1.29 is 19.0 Å². The fraction of sp³-hybridized carbons (Fsp3) is 0.417. The predicted octanol–water partition coefficient (Wildman–Crippen LogP) is 3.03. The standard InChI is InChI=1S/C12H12ClFO3/c13-7-3-4-10(14)9(6-7)11-8(12(15)16)2-1-5-17-11/h3-4,6,8,11H,1-2,5H2,(H,15,16). The normalized spacial score (nSPS) is 24.6. The minimum Gasteiger partial charge on any atom is -0.481 e. The highest BCUT2D eigenvalue weighted by Gasteiger charge is 2.34. The highest BCUT2D eigenvalue weighted by molar-refractivity contribution is 6.30. The largest absolute Gasteiger partial charge is 0.481 e. The molecule has 92 valence electrons. The summed E-state index contributed by atoms with van der Waals surface area (Å²) in [7, 11) is 0. The molecular weight excluding hydrogens is 247 g/mol. The van der Waals surface area contributed by atoms with Crippen LogP contribution in [0.2, 0.25) is 5.02 Å². The molecule has 2 rings (SSSR count). The van der Waals surface area contributed by atoms with Gasteiger partial charge in [-0.2, -0.15) is 0 Å². The Bertz CT molecular complexity index is 436. The van der Waals surface area contributed by atoms with E-state index in [9.17, 15) is 9.18 Å². The van der Waals surface area contributed by atoms with Crippen molar-refractivity contribution in [1.82, 2.24) is 0 Å². The van der Waals surface area contributed by atoms with Crippen molar-refractivity contribution in [1.29, 1.82) is 0 Å². The van der Waals surface area contributed by atoms with Crippen LogP contribution in [0, 0.1) is 11.7 Å². The number of hydrogen-bond donors (Lipinski definition) is 1. The van der Waals surface area contributed by atoms with E-state index in [4.69, 9.17) is 21.4 Å². The summed E-state index contributed by atoms with van der Waals surface area (Å²) < 4.78 is 19.1. The second-order valence-corrected chi connectivity index (χ2v) is 4.48. The molecule has 17 heavy (non-hydrogen) atoms. The Kier molecular flexibility index (Phi) is 3.64. The van der Waals surface area contributed by atoms with Crippen LogP contribution in [0.3, 0.4) is 0 Å². The van der Waals surface area contributed by atoms with Gasteiger partial charge in [-0.15, -0.1) is 0 Å². The summed E-state index contributed by atoms with van der Waals surface area (Å²) in [6, 6.07) is 4.09. The molecule has 0 bridgehead atoms. The lowest BCUT2D eigenvalue weighted by molar-refractivity contribution is -0.152. The quantitative estimate of drug-likeness (QED) is 0.887. The zero-order chi connectivity index (χ0) is 12.4. The maximum atomic E-state index is 13.7.